The number of amides is 3. The first-order valence-corrected chi connectivity index (χ1v) is 9.25. The average molecular weight is 399 g/mol. The Morgan fingerprint density at radius 1 is 1.30 bits per heavy atom. The zero-order valence-electron chi connectivity index (χ0n) is 15.5. The second-order valence-corrected chi connectivity index (χ2v) is 7.58. The molecular formula is C19H28ClFN4O2. The third-order valence-electron chi connectivity index (χ3n) is 5.51. The highest BCUT2D eigenvalue weighted by atomic mass is 35.5. The smallest absolute Gasteiger partial charge is 0.321 e. The van der Waals surface area contributed by atoms with E-state index in [-0.39, 0.29) is 41.5 Å². The van der Waals surface area contributed by atoms with Gasteiger partial charge in [-0.15, -0.1) is 12.4 Å². The van der Waals surface area contributed by atoms with Crippen LogP contribution in [-0.2, 0) is 4.79 Å². The standard InChI is InChI=1S/C19H27FN4O2.ClH/c1-19(12-21,14-8-9-14)23-17(25)13-5-4-10-24(11-13)18(26)22-16-7-3-2-6-15(16)20;/h2-3,6-7,13-14H,4-5,8-12,21H2,1H3,(H,22,26)(H,23,25);1H. The number of hydrogen-bond donors (Lipinski definition) is 3. The Kier molecular flexibility index (Phi) is 7.06. The highest BCUT2D eigenvalue weighted by Crippen LogP contribution is 2.39. The summed E-state index contributed by atoms with van der Waals surface area (Å²) < 4.78 is 13.7. The minimum atomic E-state index is -0.477. The van der Waals surface area contributed by atoms with Gasteiger partial charge in [-0.05, 0) is 50.7 Å². The molecule has 2 unspecified atom stereocenters. The van der Waals surface area contributed by atoms with Crippen molar-refractivity contribution in [2.75, 3.05) is 25.0 Å². The summed E-state index contributed by atoms with van der Waals surface area (Å²) >= 11 is 0. The van der Waals surface area contributed by atoms with Crippen LogP contribution in [0, 0.1) is 17.7 Å². The van der Waals surface area contributed by atoms with Crippen molar-refractivity contribution < 1.29 is 14.0 Å². The SMILES string of the molecule is CC(CN)(NC(=O)C1CCCN(C(=O)Nc2ccccc2F)C1)C1CC1.Cl. The van der Waals surface area contributed by atoms with Crippen molar-refractivity contribution in [2.24, 2.45) is 17.6 Å². The van der Waals surface area contributed by atoms with E-state index in [1.807, 2.05) is 6.92 Å². The minimum Gasteiger partial charge on any atom is -0.349 e. The van der Waals surface area contributed by atoms with Crippen LogP contribution in [0.15, 0.2) is 24.3 Å². The van der Waals surface area contributed by atoms with E-state index in [1.54, 1.807) is 17.0 Å². The van der Waals surface area contributed by atoms with Crippen LogP contribution in [0.1, 0.15) is 32.6 Å². The van der Waals surface area contributed by atoms with E-state index in [1.165, 1.54) is 12.1 Å². The molecule has 1 saturated heterocycles. The molecule has 3 rings (SSSR count). The Morgan fingerprint density at radius 3 is 2.63 bits per heavy atom. The molecule has 2 fully saturated rings. The van der Waals surface area contributed by atoms with Gasteiger partial charge in [0.2, 0.25) is 5.91 Å². The van der Waals surface area contributed by atoms with Gasteiger partial charge in [0.05, 0.1) is 17.1 Å². The summed E-state index contributed by atoms with van der Waals surface area (Å²) in [5.41, 5.74) is 5.66. The fraction of sp³-hybridized carbons (Fsp3) is 0.579. The molecule has 0 spiro atoms. The van der Waals surface area contributed by atoms with Gasteiger partial charge >= 0.3 is 6.03 Å². The molecule has 1 aromatic carbocycles. The van der Waals surface area contributed by atoms with Crippen molar-refractivity contribution >= 4 is 30.0 Å². The van der Waals surface area contributed by atoms with Gasteiger partial charge in [0.25, 0.3) is 0 Å². The molecule has 0 radical (unpaired) electrons. The van der Waals surface area contributed by atoms with Crippen LogP contribution in [0.25, 0.3) is 0 Å². The minimum absolute atomic E-state index is 0. The number of para-hydroxylation sites is 1. The van der Waals surface area contributed by atoms with E-state index in [9.17, 15) is 14.0 Å². The number of nitrogens with two attached hydrogens (primary N) is 1. The fourth-order valence-corrected chi connectivity index (χ4v) is 3.56. The lowest BCUT2D eigenvalue weighted by molar-refractivity contribution is -0.128. The highest BCUT2D eigenvalue weighted by molar-refractivity contribution is 5.90. The van der Waals surface area contributed by atoms with Crippen molar-refractivity contribution in [3.63, 3.8) is 0 Å². The monoisotopic (exact) mass is 398 g/mol. The number of carbonyl (C=O) groups is 2. The van der Waals surface area contributed by atoms with Crippen molar-refractivity contribution in [1.29, 1.82) is 0 Å². The van der Waals surface area contributed by atoms with Gasteiger partial charge in [-0.3, -0.25) is 4.79 Å². The number of benzene rings is 1. The molecule has 4 N–H and O–H groups in total. The van der Waals surface area contributed by atoms with Crippen LogP contribution in [0.4, 0.5) is 14.9 Å². The zero-order chi connectivity index (χ0) is 18.7. The van der Waals surface area contributed by atoms with Crippen molar-refractivity contribution in [2.45, 2.75) is 38.1 Å². The van der Waals surface area contributed by atoms with Crippen LogP contribution in [0.3, 0.4) is 0 Å². The maximum absolute atomic E-state index is 13.7. The number of piperidine rings is 1. The van der Waals surface area contributed by atoms with Crippen LogP contribution in [0.5, 0.6) is 0 Å². The molecular weight excluding hydrogens is 371 g/mol. The predicted molar refractivity (Wildman–Crippen MR) is 105 cm³/mol. The largest absolute Gasteiger partial charge is 0.349 e. The lowest BCUT2D eigenvalue weighted by Crippen LogP contribution is -2.56. The highest BCUT2D eigenvalue weighted by Gasteiger charge is 2.42. The first-order valence-electron chi connectivity index (χ1n) is 9.25. The molecule has 1 aliphatic carbocycles. The van der Waals surface area contributed by atoms with Crippen LogP contribution >= 0.6 is 12.4 Å². The number of urea groups is 1. The topological polar surface area (TPSA) is 87.5 Å². The second kappa shape index (κ2) is 8.89. The van der Waals surface area contributed by atoms with Gasteiger partial charge in [-0.2, -0.15) is 0 Å². The number of nitrogens with zero attached hydrogens (tertiary/aromatic N) is 1. The molecule has 0 aromatic heterocycles. The van der Waals surface area contributed by atoms with Crippen molar-refractivity contribution in [3.8, 4) is 0 Å². The van der Waals surface area contributed by atoms with Gasteiger partial charge in [-0.1, -0.05) is 12.1 Å². The first kappa shape index (κ1) is 21.4. The Morgan fingerprint density at radius 2 is 2.00 bits per heavy atom. The van der Waals surface area contributed by atoms with E-state index in [0.717, 1.165) is 25.7 Å². The number of hydrogen-bond acceptors (Lipinski definition) is 3. The molecule has 3 amide bonds. The lowest BCUT2D eigenvalue weighted by atomic mass is 9.92. The maximum atomic E-state index is 13.7. The molecule has 0 bridgehead atoms. The van der Waals surface area contributed by atoms with Gasteiger partial charge in [0.1, 0.15) is 5.82 Å². The summed E-state index contributed by atoms with van der Waals surface area (Å²) in [7, 11) is 0. The summed E-state index contributed by atoms with van der Waals surface area (Å²) in [5, 5.41) is 5.70. The first-order chi connectivity index (χ1) is 12.4. The Hall–Kier alpha value is -1.86. The van der Waals surface area contributed by atoms with Crippen molar-refractivity contribution in [1.82, 2.24) is 10.2 Å². The number of halogens is 2. The molecule has 1 heterocycles. The lowest BCUT2D eigenvalue weighted by Gasteiger charge is -2.35. The fourth-order valence-electron chi connectivity index (χ4n) is 3.56. The molecule has 150 valence electrons. The van der Waals surface area contributed by atoms with Crippen LogP contribution < -0.4 is 16.4 Å². The van der Waals surface area contributed by atoms with Gasteiger partial charge in [0, 0.05) is 19.6 Å². The molecule has 2 aliphatic rings. The number of nitrogens with one attached hydrogen (secondary N) is 2. The van der Waals surface area contributed by atoms with E-state index in [2.05, 4.69) is 10.6 Å². The summed E-state index contributed by atoms with van der Waals surface area (Å²) in [6.45, 7) is 3.29. The summed E-state index contributed by atoms with van der Waals surface area (Å²) in [4.78, 5) is 26.7. The average Bonchev–Trinajstić information content (AvgIpc) is 3.49. The number of likely N-dealkylation sites (tertiary alicyclic amines) is 1. The van der Waals surface area contributed by atoms with Crippen LogP contribution in [-0.4, -0.2) is 42.0 Å². The van der Waals surface area contributed by atoms with Crippen molar-refractivity contribution in [3.05, 3.63) is 30.1 Å². The van der Waals surface area contributed by atoms with E-state index in [4.69, 9.17) is 5.73 Å². The maximum Gasteiger partial charge on any atom is 0.321 e. The Balaban J connectivity index is 0.00000261. The second-order valence-electron chi connectivity index (χ2n) is 7.58. The molecule has 1 aliphatic heterocycles. The Labute approximate surface area is 165 Å². The van der Waals surface area contributed by atoms with Gasteiger partial charge < -0.3 is 21.3 Å². The normalized spacial score (nSPS) is 21.6. The predicted octanol–water partition coefficient (Wildman–Crippen LogP) is 2.74. The molecule has 27 heavy (non-hydrogen) atoms. The van der Waals surface area contributed by atoms with Gasteiger partial charge in [-0.25, -0.2) is 9.18 Å². The van der Waals surface area contributed by atoms with E-state index < -0.39 is 5.82 Å². The van der Waals surface area contributed by atoms with E-state index >= 15 is 0 Å². The van der Waals surface area contributed by atoms with E-state index in [0.29, 0.717) is 25.6 Å². The third-order valence-corrected chi connectivity index (χ3v) is 5.51. The summed E-state index contributed by atoms with van der Waals surface area (Å²) in [5.74, 6) is -0.344. The van der Waals surface area contributed by atoms with Crippen LogP contribution in [0.2, 0.25) is 0 Å². The number of carbonyl (C=O) groups excluding carboxylic acids is 2. The third kappa shape index (κ3) is 5.11. The number of rotatable bonds is 5. The molecule has 8 heteroatoms. The summed E-state index contributed by atoms with van der Waals surface area (Å²) in [6.07, 6.45) is 3.66. The zero-order valence-corrected chi connectivity index (χ0v) is 16.4. The quantitative estimate of drug-likeness (QED) is 0.712. The number of anilines is 1. The summed E-state index contributed by atoms with van der Waals surface area (Å²) in [6, 6.07) is 5.67. The Bertz CT molecular complexity index is 685. The van der Waals surface area contributed by atoms with Gasteiger partial charge in [0.15, 0.2) is 0 Å². The molecule has 6 nitrogen and oxygen atoms in total. The molecule has 1 saturated carbocycles. The molecule has 1 aromatic rings. The molecule has 2 atom stereocenters.